The first-order valence-electron chi connectivity index (χ1n) is 5.35. The lowest BCUT2D eigenvalue weighted by atomic mass is 10.3. The van der Waals surface area contributed by atoms with Gasteiger partial charge in [-0.1, -0.05) is 0 Å². The predicted octanol–water partition coefficient (Wildman–Crippen LogP) is 1.65. The summed E-state index contributed by atoms with van der Waals surface area (Å²) in [5.74, 6) is 0.847. The third-order valence-electron chi connectivity index (χ3n) is 2.05. The molecule has 0 amide bonds. The van der Waals surface area contributed by atoms with Gasteiger partial charge in [-0.15, -0.1) is 0 Å². The number of rotatable bonds is 5. The summed E-state index contributed by atoms with van der Waals surface area (Å²) in [4.78, 5) is 13.2. The van der Waals surface area contributed by atoms with Gasteiger partial charge in [0.15, 0.2) is 0 Å². The average Bonchev–Trinajstić information content (AvgIpc) is 2.37. The summed E-state index contributed by atoms with van der Waals surface area (Å²) < 4.78 is 15.2. The molecular weight excluding hydrogens is 234 g/mol. The molecule has 0 aliphatic carbocycles. The quantitative estimate of drug-likeness (QED) is 0.452. The van der Waals surface area contributed by atoms with Crippen molar-refractivity contribution in [1.82, 2.24) is 4.90 Å². The molecule has 0 aliphatic heterocycles. The van der Waals surface area contributed by atoms with E-state index < -0.39 is 5.97 Å². The van der Waals surface area contributed by atoms with Crippen LogP contribution in [0.2, 0.25) is 0 Å². The van der Waals surface area contributed by atoms with Gasteiger partial charge in [0.1, 0.15) is 11.5 Å². The van der Waals surface area contributed by atoms with Gasteiger partial charge in [-0.3, -0.25) is 0 Å². The van der Waals surface area contributed by atoms with Crippen LogP contribution in [0.25, 0.3) is 0 Å². The molecule has 0 aliphatic rings. The number of benzene rings is 1. The van der Waals surface area contributed by atoms with Crippen LogP contribution in [0.3, 0.4) is 0 Å². The highest BCUT2D eigenvalue weighted by Crippen LogP contribution is 2.19. The normalized spacial score (nSPS) is 10.8. The Labute approximate surface area is 107 Å². The molecule has 98 valence electrons. The first-order valence-corrected chi connectivity index (χ1v) is 5.35. The third-order valence-corrected chi connectivity index (χ3v) is 2.05. The topological polar surface area (TPSA) is 48.0 Å². The molecule has 0 spiro atoms. The van der Waals surface area contributed by atoms with Crippen molar-refractivity contribution >= 4 is 5.97 Å². The number of hydrogen-bond acceptors (Lipinski definition) is 5. The van der Waals surface area contributed by atoms with E-state index in [1.54, 1.807) is 56.6 Å². The van der Waals surface area contributed by atoms with E-state index >= 15 is 0 Å². The fourth-order valence-electron chi connectivity index (χ4n) is 1.23. The molecule has 0 atom stereocenters. The van der Waals surface area contributed by atoms with Crippen molar-refractivity contribution < 1.29 is 19.0 Å². The Hall–Kier alpha value is -2.17. The van der Waals surface area contributed by atoms with Crippen molar-refractivity contribution in [2.45, 2.75) is 0 Å². The molecule has 0 fully saturated rings. The molecule has 0 aromatic heterocycles. The minimum Gasteiger partial charge on any atom is -0.497 e. The average molecular weight is 251 g/mol. The zero-order chi connectivity index (χ0) is 13.5. The van der Waals surface area contributed by atoms with Gasteiger partial charge >= 0.3 is 5.97 Å². The fraction of sp³-hybridized carbons (Fsp3) is 0.308. The van der Waals surface area contributed by atoms with Crippen LogP contribution in [0.1, 0.15) is 0 Å². The molecule has 0 radical (unpaired) electrons. The van der Waals surface area contributed by atoms with Crippen molar-refractivity contribution in [1.29, 1.82) is 0 Å². The minimum atomic E-state index is -0.528. The van der Waals surface area contributed by atoms with Crippen molar-refractivity contribution in [2.24, 2.45) is 0 Å². The minimum absolute atomic E-state index is 0.118. The molecule has 0 bridgehead atoms. The molecule has 0 N–H and O–H groups in total. The second kappa shape index (κ2) is 6.54. The highest BCUT2D eigenvalue weighted by Gasteiger charge is 2.13. The third kappa shape index (κ3) is 4.01. The van der Waals surface area contributed by atoms with Crippen LogP contribution < -0.4 is 9.47 Å². The van der Waals surface area contributed by atoms with Crippen LogP contribution in [0.4, 0.5) is 0 Å². The van der Waals surface area contributed by atoms with Crippen molar-refractivity contribution in [2.75, 3.05) is 28.3 Å². The lowest BCUT2D eigenvalue weighted by molar-refractivity contribution is -0.138. The van der Waals surface area contributed by atoms with Crippen LogP contribution in [0, 0.1) is 0 Å². The molecule has 0 unspecified atom stereocenters. The van der Waals surface area contributed by atoms with Gasteiger partial charge < -0.3 is 19.1 Å². The zero-order valence-electron chi connectivity index (χ0n) is 11.0. The van der Waals surface area contributed by atoms with Crippen LogP contribution in [0.5, 0.6) is 11.5 Å². The summed E-state index contributed by atoms with van der Waals surface area (Å²) in [7, 11) is 6.48. The van der Waals surface area contributed by atoms with Crippen molar-refractivity contribution in [3.8, 4) is 11.5 Å². The van der Waals surface area contributed by atoms with Crippen molar-refractivity contribution in [3.63, 3.8) is 0 Å². The molecule has 5 heteroatoms. The first-order chi connectivity index (χ1) is 8.56. The predicted molar refractivity (Wildman–Crippen MR) is 67.4 cm³/mol. The SMILES string of the molecule is COC(=O)/C(=C/N(C)C)Oc1ccc(OC)cc1. The maximum absolute atomic E-state index is 11.5. The molecule has 1 aromatic rings. The molecule has 18 heavy (non-hydrogen) atoms. The molecule has 5 nitrogen and oxygen atoms in total. The van der Waals surface area contributed by atoms with E-state index in [4.69, 9.17) is 9.47 Å². The van der Waals surface area contributed by atoms with Gasteiger partial charge in [0, 0.05) is 20.3 Å². The fourth-order valence-corrected chi connectivity index (χ4v) is 1.23. The van der Waals surface area contributed by atoms with E-state index in [1.165, 1.54) is 7.11 Å². The van der Waals surface area contributed by atoms with Gasteiger partial charge in [-0.05, 0) is 24.3 Å². The molecule has 1 rings (SSSR count). The molecule has 1 aromatic carbocycles. The van der Waals surface area contributed by atoms with Crippen molar-refractivity contribution in [3.05, 3.63) is 36.2 Å². The Morgan fingerprint density at radius 3 is 2.11 bits per heavy atom. The Morgan fingerprint density at radius 2 is 1.67 bits per heavy atom. The molecule has 0 heterocycles. The summed E-state index contributed by atoms with van der Waals surface area (Å²) in [6, 6.07) is 6.93. The number of nitrogens with zero attached hydrogens (tertiary/aromatic N) is 1. The zero-order valence-corrected chi connectivity index (χ0v) is 11.0. The van der Waals surface area contributed by atoms with Crippen LogP contribution >= 0.6 is 0 Å². The lowest BCUT2D eigenvalue weighted by Gasteiger charge is -2.11. The van der Waals surface area contributed by atoms with Gasteiger partial charge in [0.25, 0.3) is 0 Å². The van der Waals surface area contributed by atoms with Gasteiger partial charge in [-0.2, -0.15) is 0 Å². The highest BCUT2D eigenvalue weighted by molar-refractivity contribution is 5.86. The molecule has 0 saturated carbocycles. The molecular formula is C13H17NO4. The van der Waals surface area contributed by atoms with E-state index in [0.29, 0.717) is 5.75 Å². The van der Waals surface area contributed by atoms with E-state index in [-0.39, 0.29) is 5.76 Å². The Balaban J connectivity index is 2.85. The Kier molecular flexibility index (Phi) is 5.05. The smallest absolute Gasteiger partial charge is 0.375 e. The second-order valence-corrected chi connectivity index (χ2v) is 3.73. The monoisotopic (exact) mass is 251 g/mol. The van der Waals surface area contributed by atoms with E-state index in [2.05, 4.69) is 4.74 Å². The maximum atomic E-state index is 11.5. The highest BCUT2D eigenvalue weighted by atomic mass is 16.6. The van der Waals surface area contributed by atoms with Gasteiger partial charge in [0.2, 0.25) is 5.76 Å². The summed E-state index contributed by atoms with van der Waals surface area (Å²) in [5.41, 5.74) is 0. The maximum Gasteiger partial charge on any atom is 0.375 e. The van der Waals surface area contributed by atoms with E-state index in [0.717, 1.165) is 5.75 Å². The number of hydrogen-bond donors (Lipinski definition) is 0. The summed E-state index contributed by atoms with van der Waals surface area (Å²) >= 11 is 0. The number of methoxy groups -OCH3 is 2. The summed E-state index contributed by atoms with van der Waals surface area (Å²) in [6.07, 6.45) is 1.55. The number of carbonyl (C=O) groups excluding carboxylic acids is 1. The molecule has 0 saturated heterocycles. The second-order valence-electron chi connectivity index (χ2n) is 3.73. The summed E-state index contributed by atoms with van der Waals surface area (Å²) in [6.45, 7) is 0. The van der Waals surface area contributed by atoms with Crippen LogP contribution in [-0.2, 0) is 9.53 Å². The number of esters is 1. The largest absolute Gasteiger partial charge is 0.497 e. The number of ether oxygens (including phenoxy) is 3. The number of carbonyl (C=O) groups is 1. The Morgan fingerprint density at radius 1 is 1.11 bits per heavy atom. The van der Waals surface area contributed by atoms with E-state index in [1.807, 2.05) is 0 Å². The van der Waals surface area contributed by atoms with Crippen LogP contribution in [0.15, 0.2) is 36.2 Å². The standard InChI is InChI=1S/C13H17NO4/c1-14(2)9-12(13(15)17-4)18-11-7-5-10(16-3)6-8-11/h5-9H,1-4H3/b12-9-. The lowest BCUT2D eigenvalue weighted by Crippen LogP contribution is -2.15. The van der Waals surface area contributed by atoms with E-state index in [9.17, 15) is 4.79 Å². The summed E-state index contributed by atoms with van der Waals surface area (Å²) in [5, 5.41) is 0. The van der Waals surface area contributed by atoms with Crippen LogP contribution in [-0.4, -0.2) is 39.2 Å². The first kappa shape index (κ1) is 13.9. The Bertz CT molecular complexity index is 423. The van der Waals surface area contributed by atoms with Gasteiger partial charge in [0.05, 0.1) is 14.2 Å². The van der Waals surface area contributed by atoms with Gasteiger partial charge in [-0.25, -0.2) is 4.79 Å².